The Morgan fingerprint density at radius 2 is 1.20 bits per heavy atom. The quantitative estimate of drug-likeness (QED) is 0.162. The zero-order chi connectivity index (χ0) is 55.9. The minimum atomic E-state index is -3.82. The van der Waals surface area contributed by atoms with Crippen LogP contribution in [0.25, 0.3) is 83.9 Å². The molecule has 0 aliphatic rings. The molecule has 9 aromatic rings. The van der Waals surface area contributed by atoms with Crippen LogP contribution in [0, 0.1) is 6.07 Å². The maximum atomic E-state index is 11.6. The summed E-state index contributed by atoms with van der Waals surface area (Å²) in [5, 5.41) is 11.6. The Bertz CT molecular complexity index is 3670. The number of rotatable bonds is 7. The number of aromatic nitrogens is 3. The normalized spacial score (nSPS) is 15.5. The summed E-state index contributed by atoms with van der Waals surface area (Å²) in [6.07, 6.45) is 1.41. The van der Waals surface area contributed by atoms with E-state index >= 15 is 0 Å². The molecule has 0 saturated heterocycles. The maximum Gasteiger partial charge on any atom is 0.148 e. The Morgan fingerprint density at radius 3 is 1.89 bits per heavy atom. The molecule has 9 rings (SSSR count). The summed E-state index contributed by atoms with van der Waals surface area (Å²) in [7, 11) is 0. The summed E-state index contributed by atoms with van der Waals surface area (Å²) >= 11 is 0. The van der Waals surface area contributed by atoms with E-state index in [9.17, 15) is 5.11 Å². The van der Waals surface area contributed by atoms with Crippen LogP contribution in [0.3, 0.4) is 0 Å². The fraction of sp³-hybridized carbons (Fsp3) is 0.200. The molecule has 4 nitrogen and oxygen atoms in total. The molecule has 0 unspecified atom stereocenters. The first kappa shape index (κ1) is 31.5. The Labute approximate surface area is 417 Å². The van der Waals surface area contributed by atoms with E-state index in [0.29, 0.717) is 33.6 Å². The van der Waals surface area contributed by atoms with Crippen molar-refractivity contribution in [3.8, 4) is 78.6 Å². The second kappa shape index (κ2) is 17.6. The first-order valence-corrected chi connectivity index (χ1v) is 21.2. The molecule has 328 valence electrons. The fourth-order valence-electron chi connectivity index (χ4n) is 8.01. The number of benzene rings is 7. The number of nitrogens with zero attached hydrogens (tertiary/aromatic N) is 3. The number of aromatic hydroxyl groups is 1. The van der Waals surface area contributed by atoms with Gasteiger partial charge in [0.2, 0.25) is 0 Å². The zero-order valence-corrected chi connectivity index (χ0v) is 39.2. The van der Waals surface area contributed by atoms with Gasteiger partial charge in [0.15, 0.2) is 0 Å². The van der Waals surface area contributed by atoms with E-state index < -0.39 is 55.7 Å². The van der Waals surface area contributed by atoms with Crippen LogP contribution in [0.2, 0.25) is 0 Å². The molecule has 7 aromatic carbocycles. The number of para-hydroxylation sites is 2. The van der Waals surface area contributed by atoms with Gasteiger partial charge in [0.05, 0.1) is 27.8 Å². The predicted octanol–water partition coefficient (Wildman–Crippen LogP) is 15.8. The number of pyridine rings is 1. The Balaban J connectivity index is 0.00000803. The van der Waals surface area contributed by atoms with Crippen LogP contribution < -0.4 is 0 Å². The first-order chi connectivity index (χ1) is 36.0. The van der Waals surface area contributed by atoms with E-state index in [1.807, 2.05) is 72.8 Å². The van der Waals surface area contributed by atoms with Crippen molar-refractivity contribution in [3.63, 3.8) is 0 Å². The van der Waals surface area contributed by atoms with Gasteiger partial charge in [-0.05, 0) is 85.5 Å². The molecular weight excluding hydrogens is 974 g/mol. The zero-order valence-electron chi connectivity index (χ0n) is 50.0. The molecule has 0 amide bonds. The fourth-order valence-corrected chi connectivity index (χ4v) is 8.01. The maximum absolute atomic E-state index is 11.6. The van der Waals surface area contributed by atoms with Gasteiger partial charge in [-0.1, -0.05) is 200 Å². The monoisotopic (exact) mass is 1040 g/mol. The van der Waals surface area contributed by atoms with Crippen LogP contribution in [-0.4, -0.2) is 19.6 Å². The molecular formula is C60H56N3OPt-. The number of hydrogen-bond donors (Lipinski definition) is 1. The number of fused-ring (bicyclic) bond motifs is 1. The van der Waals surface area contributed by atoms with Crippen molar-refractivity contribution in [1.29, 1.82) is 0 Å². The molecule has 0 aliphatic heterocycles. The minimum Gasteiger partial charge on any atom is -0.507 e. The van der Waals surface area contributed by atoms with E-state index in [1.165, 1.54) is 23.9 Å². The molecule has 65 heavy (non-hydrogen) atoms. The molecule has 0 atom stereocenters. The molecule has 5 heteroatoms. The van der Waals surface area contributed by atoms with Gasteiger partial charge in [0.25, 0.3) is 0 Å². The summed E-state index contributed by atoms with van der Waals surface area (Å²) in [5.74, 6) is 0.542. The third-order valence-corrected chi connectivity index (χ3v) is 11.6. The van der Waals surface area contributed by atoms with Crippen molar-refractivity contribution in [2.24, 2.45) is 0 Å². The van der Waals surface area contributed by atoms with E-state index in [2.05, 4.69) is 94.6 Å². The van der Waals surface area contributed by atoms with Gasteiger partial charge in [-0.15, -0.1) is 23.8 Å². The van der Waals surface area contributed by atoms with Gasteiger partial charge >= 0.3 is 0 Å². The second-order valence-corrected chi connectivity index (χ2v) is 18.3. The van der Waals surface area contributed by atoms with Gasteiger partial charge in [0, 0.05) is 50.9 Å². The van der Waals surface area contributed by atoms with Crippen LogP contribution in [0.15, 0.2) is 170 Å². The van der Waals surface area contributed by atoms with Crippen molar-refractivity contribution in [2.75, 3.05) is 0 Å². The van der Waals surface area contributed by atoms with Crippen LogP contribution in [-0.2, 0) is 37.3 Å². The number of imidazole rings is 1. The van der Waals surface area contributed by atoms with Crippen molar-refractivity contribution >= 4 is 11.0 Å². The van der Waals surface area contributed by atoms with Crippen LogP contribution in [0.5, 0.6) is 5.75 Å². The van der Waals surface area contributed by atoms with Crippen molar-refractivity contribution < 1.29 is 44.0 Å². The molecule has 0 radical (unpaired) electrons. The van der Waals surface area contributed by atoms with Gasteiger partial charge in [-0.3, -0.25) is 9.55 Å². The summed E-state index contributed by atoms with van der Waals surface area (Å²) in [4.78, 5) is 10.1. The SMILES string of the molecule is [2H]c1c([2H])c(C(C([2H])([2H])[2H])(C([2H])([2H])[2H])C([2H])([2H])[2H])c([2H])c([2H])c1-c1ccnc(-c2[c-]c(-c3cccc4c3nc(-c3ccccc3O)n4-c3cc(C(C)(C)C)ccc3-c3ccc(C(C)(C)C)cc3)cc(-c3ccccc3)c2)c1.[Pt]. The Hall–Kier alpha value is -6.35. The summed E-state index contributed by atoms with van der Waals surface area (Å²) in [5.41, 5.74) is 5.07. The summed E-state index contributed by atoms with van der Waals surface area (Å²) in [6, 6.07) is 44.3. The van der Waals surface area contributed by atoms with Crippen LogP contribution in [0.1, 0.15) is 96.6 Å². The number of hydrogen-bond acceptors (Lipinski definition) is 3. The molecule has 2 aromatic heterocycles. The molecule has 1 N–H and O–H groups in total. The van der Waals surface area contributed by atoms with Crippen molar-refractivity contribution in [3.05, 3.63) is 193 Å². The molecule has 0 spiro atoms. The van der Waals surface area contributed by atoms with Crippen LogP contribution >= 0.6 is 0 Å². The van der Waals surface area contributed by atoms with Crippen molar-refractivity contribution in [2.45, 2.75) is 78.3 Å². The summed E-state index contributed by atoms with van der Waals surface area (Å²) < 4.78 is 113. The third kappa shape index (κ3) is 9.15. The molecule has 2 heterocycles. The average molecular weight is 1040 g/mol. The third-order valence-electron chi connectivity index (χ3n) is 11.6. The van der Waals surface area contributed by atoms with Gasteiger partial charge in [-0.25, -0.2) is 4.98 Å². The molecule has 0 fully saturated rings. The standard InChI is InChI=1S/C60H56N3O.Pt/c1-58(2,3)46-26-22-40(23-27-46)42-32-33-61-52(37-42)45-35-43(39-16-11-10-12-17-39)34-44(36-45)50-19-15-20-53-56(50)62-57(51-18-13-14-21-55(51)64)63(53)54-38-48(60(7,8)9)30-31-49(54)41-24-28-47(29-25-41)59(4,5)6;/h10-35,37-38,64H,1-9H3;/q-1;/i1D3,2D3,3D3,22D,23D,26D,27D;. The van der Waals surface area contributed by atoms with E-state index in [0.717, 1.165) is 39.0 Å². The van der Waals surface area contributed by atoms with Crippen LogP contribution in [0.4, 0.5) is 0 Å². The first-order valence-electron chi connectivity index (χ1n) is 27.7. The largest absolute Gasteiger partial charge is 0.507 e. The Morgan fingerprint density at radius 1 is 0.538 bits per heavy atom. The minimum absolute atomic E-state index is 0. The van der Waals surface area contributed by atoms with Gasteiger partial charge < -0.3 is 5.11 Å². The second-order valence-electron chi connectivity index (χ2n) is 18.3. The number of phenols is 1. The number of phenolic OH excluding ortho intramolecular Hbond substituents is 1. The predicted molar refractivity (Wildman–Crippen MR) is 268 cm³/mol. The topological polar surface area (TPSA) is 50.9 Å². The Kier molecular flexibility index (Phi) is 8.51. The van der Waals surface area contributed by atoms with E-state index in [-0.39, 0.29) is 54.5 Å². The molecule has 0 saturated carbocycles. The average Bonchev–Trinajstić information content (AvgIpc) is 3.90. The molecule has 0 bridgehead atoms. The summed E-state index contributed by atoms with van der Waals surface area (Å²) in [6.45, 7) is 1.60. The van der Waals surface area contributed by atoms with Gasteiger partial charge in [0.1, 0.15) is 11.6 Å². The van der Waals surface area contributed by atoms with Crippen molar-refractivity contribution in [1.82, 2.24) is 14.5 Å². The van der Waals surface area contributed by atoms with Gasteiger partial charge in [-0.2, -0.15) is 0 Å². The van der Waals surface area contributed by atoms with E-state index in [1.54, 1.807) is 12.1 Å². The van der Waals surface area contributed by atoms with E-state index in [4.69, 9.17) is 27.8 Å². The molecule has 0 aliphatic carbocycles. The smallest absolute Gasteiger partial charge is 0.148 e.